The lowest BCUT2D eigenvalue weighted by Crippen LogP contribution is -2.24. The third kappa shape index (κ3) is 6.61. The van der Waals surface area contributed by atoms with Crippen molar-refractivity contribution >= 4 is 11.8 Å². The van der Waals surface area contributed by atoms with E-state index < -0.39 is 11.7 Å². The van der Waals surface area contributed by atoms with Gasteiger partial charge in [-0.05, 0) is 31.0 Å². The molecule has 0 aliphatic heterocycles. The van der Waals surface area contributed by atoms with Gasteiger partial charge in [0.25, 0.3) is 0 Å². The van der Waals surface area contributed by atoms with Crippen LogP contribution in [-0.4, -0.2) is 23.3 Å². The molecule has 0 fully saturated rings. The predicted octanol–water partition coefficient (Wildman–Crippen LogP) is 4.22. The zero-order valence-electron chi connectivity index (χ0n) is 12.0. The van der Waals surface area contributed by atoms with Gasteiger partial charge in [-0.25, -0.2) is 4.98 Å². The summed E-state index contributed by atoms with van der Waals surface area (Å²) in [6, 6.07) is 2.51. The van der Waals surface area contributed by atoms with Gasteiger partial charge in [0.2, 0.25) is 0 Å². The van der Waals surface area contributed by atoms with E-state index in [1.807, 2.05) is 6.92 Å². The molecular weight excluding hydrogens is 285 g/mol. The van der Waals surface area contributed by atoms with E-state index in [0.717, 1.165) is 31.8 Å². The summed E-state index contributed by atoms with van der Waals surface area (Å²) in [4.78, 5) is 3.86. The normalized spacial score (nSPS) is 13.8. The fourth-order valence-electron chi connectivity index (χ4n) is 1.56. The minimum absolute atomic E-state index is 0.270. The first-order chi connectivity index (χ1) is 9.29. The number of rotatable bonds is 7. The second-order valence-corrected chi connectivity index (χ2v) is 6.66. The number of pyridine rings is 1. The van der Waals surface area contributed by atoms with Gasteiger partial charge < -0.3 is 5.32 Å². The van der Waals surface area contributed by atoms with Crippen molar-refractivity contribution in [3.63, 3.8) is 0 Å². The molecule has 1 aromatic rings. The Kier molecular flexibility index (Phi) is 6.82. The molecule has 0 bridgehead atoms. The van der Waals surface area contributed by atoms with E-state index in [4.69, 9.17) is 0 Å². The van der Waals surface area contributed by atoms with Crippen molar-refractivity contribution in [3.05, 3.63) is 23.9 Å². The Labute approximate surface area is 122 Å². The Morgan fingerprint density at radius 2 is 1.95 bits per heavy atom. The average molecular weight is 306 g/mol. The molecule has 0 spiro atoms. The molecular formula is C14H21F3N2S. The highest BCUT2D eigenvalue weighted by Gasteiger charge is 2.30. The van der Waals surface area contributed by atoms with Crippen molar-refractivity contribution in [2.75, 3.05) is 13.1 Å². The van der Waals surface area contributed by atoms with E-state index in [2.05, 4.69) is 24.1 Å². The topological polar surface area (TPSA) is 24.9 Å². The molecule has 1 aromatic heterocycles. The molecule has 1 unspecified atom stereocenters. The van der Waals surface area contributed by atoms with Gasteiger partial charge in [-0.1, -0.05) is 20.8 Å². The molecule has 0 aliphatic carbocycles. The summed E-state index contributed by atoms with van der Waals surface area (Å²) in [7, 11) is 0. The Bertz CT molecular complexity index is 390. The molecule has 6 heteroatoms. The minimum atomic E-state index is -4.32. The second kappa shape index (κ2) is 7.88. The fraction of sp³-hybridized carbons (Fsp3) is 0.643. The van der Waals surface area contributed by atoms with Crippen LogP contribution in [0.5, 0.6) is 0 Å². The quantitative estimate of drug-likeness (QED) is 0.603. The van der Waals surface area contributed by atoms with Crippen LogP contribution in [-0.2, 0) is 6.18 Å². The number of hydrogen-bond donors (Lipinski definition) is 1. The molecule has 0 saturated heterocycles. The molecule has 0 aromatic carbocycles. The van der Waals surface area contributed by atoms with Crippen molar-refractivity contribution < 1.29 is 13.2 Å². The van der Waals surface area contributed by atoms with Crippen LogP contribution in [0.3, 0.4) is 0 Å². The van der Waals surface area contributed by atoms with Crippen molar-refractivity contribution in [3.8, 4) is 0 Å². The molecule has 20 heavy (non-hydrogen) atoms. The summed E-state index contributed by atoms with van der Waals surface area (Å²) >= 11 is 1.48. The number of nitrogens with one attached hydrogen (secondary N) is 1. The van der Waals surface area contributed by atoms with Crippen molar-refractivity contribution in [2.45, 2.75) is 43.6 Å². The molecule has 0 aliphatic rings. The lowest BCUT2D eigenvalue weighted by atomic mass is 10.1. The number of halogens is 3. The van der Waals surface area contributed by atoms with Crippen LogP contribution in [0.2, 0.25) is 0 Å². The molecule has 1 heterocycles. The molecule has 0 radical (unpaired) electrons. The Morgan fingerprint density at radius 3 is 2.45 bits per heavy atom. The van der Waals surface area contributed by atoms with Crippen LogP contribution in [0, 0.1) is 5.92 Å². The highest BCUT2D eigenvalue weighted by molar-refractivity contribution is 7.99. The van der Waals surface area contributed by atoms with Crippen LogP contribution < -0.4 is 5.32 Å². The number of aromatic nitrogens is 1. The first kappa shape index (κ1) is 17.3. The SMILES string of the molecule is CC(C)CCNCC(C)Sc1ccc(C(F)(F)F)cn1. The summed E-state index contributed by atoms with van der Waals surface area (Å²) in [5, 5.41) is 4.24. The Morgan fingerprint density at radius 1 is 1.25 bits per heavy atom. The number of thioether (sulfide) groups is 1. The fourth-order valence-corrected chi connectivity index (χ4v) is 2.44. The van der Waals surface area contributed by atoms with Crippen molar-refractivity contribution in [1.82, 2.24) is 10.3 Å². The smallest absolute Gasteiger partial charge is 0.316 e. The van der Waals surface area contributed by atoms with Crippen LogP contribution in [0.4, 0.5) is 13.2 Å². The third-order valence-corrected chi connectivity index (χ3v) is 3.77. The predicted molar refractivity (Wildman–Crippen MR) is 76.9 cm³/mol. The second-order valence-electron chi connectivity index (χ2n) is 5.20. The number of alkyl halides is 3. The summed E-state index contributed by atoms with van der Waals surface area (Å²) in [6.07, 6.45) is -2.31. The Hall–Kier alpha value is -0.750. The van der Waals surface area contributed by atoms with E-state index in [-0.39, 0.29) is 5.25 Å². The first-order valence-corrected chi connectivity index (χ1v) is 7.57. The maximum Gasteiger partial charge on any atom is 0.417 e. The van der Waals surface area contributed by atoms with Gasteiger partial charge in [-0.3, -0.25) is 0 Å². The van der Waals surface area contributed by atoms with Gasteiger partial charge >= 0.3 is 6.18 Å². The van der Waals surface area contributed by atoms with Gasteiger partial charge in [0.1, 0.15) is 0 Å². The van der Waals surface area contributed by atoms with Gasteiger partial charge in [-0.2, -0.15) is 13.2 Å². The zero-order valence-corrected chi connectivity index (χ0v) is 12.8. The van der Waals surface area contributed by atoms with E-state index in [1.54, 1.807) is 0 Å². The van der Waals surface area contributed by atoms with Crippen LogP contribution >= 0.6 is 11.8 Å². The molecule has 1 N–H and O–H groups in total. The standard InChI is InChI=1S/C14H21F3N2S/c1-10(2)6-7-18-8-11(3)20-13-5-4-12(9-19-13)14(15,16)17/h4-5,9-11,18H,6-8H2,1-3H3. The Balaban J connectivity index is 2.37. The molecule has 0 amide bonds. The molecule has 0 saturated carbocycles. The lowest BCUT2D eigenvalue weighted by Gasteiger charge is -2.13. The van der Waals surface area contributed by atoms with Gasteiger partial charge in [0.05, 0.1) is 10.6 Å². The molecule has 1 atom stereocenters. The highest BCUT2D eigenvalue weighted by atomic mass is 32.2. The van der Waals surface area contributed by atoms with Crippen LogP contribution in [0.25, 0.3) is 0 Å². The van der Waals surface area contributed by atoms with Crippen LogP contribution in [0.1, 0.15) is 32.8 Å². The van der Waals surface area contributed by atoms with E-state index in [0.29, 0.717) is 10.9 Å². The summed E-state index contributed by atoms with van der Waals surface area (Å²) in [5.74, 6) is 0.669. The maximum absolute atomic E-state index is 12.4. The van der Waals surface area contributed by atoms with Crippen LogP contribution in [0.15, 0.2) is 23.4 Å². The zero-order chi connectivity index (χ0) is 15.2. The molecule has 2 nitrogen and oxygen atoms in total. The van der Waals surface area contributed by atoms with Gasteiger partial charge in [0.15, 0.2) is 0 Å². The molecule has 114 valence electrons. The molecule has 1 rings (SSSR count). The van der Waals surface area contributed by atoms with E-state index in [9.17, 15) is 13.2 Å². The first-order valence-electron chi connectivity index (χ1n) is 6.69. The lowest BCUT2D eigenvalue weighted by molar-refractivity contribution is -0.137. The number of hydrogen-bond acceptors (Lipinski definition) is 3. The maximum atomic E-state index is 12.4. The largest absolute Gasteiger partial charge is 0.417 e. The summed E-state index contributed by atoms with van der Waals surface area (Å²) in [5.41, 5.74) is -0.704. The average Bonchev–Trinajstić information content (AvgIpc) is 2.34. The summed E-state index contributed by atoms with van der Waals surface area (Å²) < 4.78 is 37.2. The van der Waals surface area contributed by atoms with E-state index in [1.165, 1.54) is 17.8 Å². The van der Waals surface area contributed by atoms with Crippen molar-refractivity contribution in [2.24, 2.45) is 5.92 Å². The minimum Gasteiger partial charge on any atom is -0.316 e. The van der Waals surface area contributed by atoms with E-state index >= 15 is 0 Å². The highest BCUT2D eigenvalue weighted by Crippen LogP contribution is 2.30. The monoisotopic (exact) mass is 306 g/mol. The van der Waals surface area contributed by atoms with Gasteiger partial charge in [0, 0.05) is 18.0 Å². The van der Waals surface area contributed by atoms with Crippen molar-refractivity contribution in [1.29, 1.82) is 0 Å². The third-order valence-electron chi connectivity index (χ3n) is 2.72. The number of nitrogens with zero attached hydrogens (tertiary/aromatic N) is 1. The summed E-state index contributed by atoms with van der Waals surface area (Å²) in [6.45, 7) is 8.16. The van der Waals surface area contributed by atoms with Gasteiger partial charge in [-0.15, -0.1) is 11.8 Å².